The Labute approximate surface area is 140 Å². The lowest BCUT2D eigenvalue weighted by Crippen LogP contribution is -2.16. The molecule has 1 unspecified atom stereocenters. The van der Waals surface area contributed by atoms with Crippen LogP contribution in [-0.4, -0.2) is 21.6 Å². The molecule has 0 aliphatic carbocycles. The molecule has 120 valence electrons. The van der Waals surface area contributed by atoms with Gasteiger partial charge in [-0.05, 0) is 12.0 Å². The maximum Gasteiger partial charge on any atom is 0.316 e. The second kappa shape index (κ2) is 7.84. The van der Waals surface area contributed by atoms with E-state index in [1.165, 1.54) is 11.3 Å². The van der Waals surface area contributed by atoms with Crippen molar-refractivity contribution in [3.8, 4) is 12.1 Å². The molecule has 1 atom stereocenters. The molecule has 0 fully saturated rings. The zero-order chi connectivity index (χ0) is 16.8. The first kappa shape index (κ1) is 17.1. The van der Waals surface area contributed by atoms with E-state index in [2.05, 4.69) is 48.0 Å². The summed E-state index contributed by atoms with van der Waals surface area (Å²) in [6.07, 6.45) is 3.71. The molecule has 0 saturated carbocycles. The lowest BCUT2D eigenvalue weighted by molar-refractivity contribution is 0.223. The Bertz CT molecular complexity index is 764. The molecule has 2 rings (SSSR count). The summed E-state index contributed by atoms with van der Waals surface area (Å²) >= 11 is 1.36. The molecule has 0 aromatic carbocycles. The molecule has 0 aliphatic heterocycles. The van der Waals surface area contributed by atoms with Gasteiger partial charge in [0.15, 0.2) is 0 Å². The summed E-state index contributed by atoms with van der Waals surface area (Å²) in [6, 6.07) is 4.25. The first-order valence-electron chi connectivity index (χ1n) is 7.58. The van der Waals surface area contributed by atoms with Gasteiger partial charge in [0.25, 0.3) is 0 Å². The van der Waals surface area contributed by atoms with Crippen LogP contribution in [-0.2, 0) is 0 Å². The molecule has 0 saturated heterocycles. The van der Waals surface area contributed by atoms with Crippen molar-refractivity contribution in [2.24, 2.45) is 5.92 Å². The molecular formula is C17H20N4OS. The number of hydrogen-bond donors (Lipinski definition) is 0. The molecule has 2 heterocycles. The van der Waals surface area contributed by atoms with E-state index in [1.807, 2.05) is 0 Å². The maximum atomic E-state index is 9.49. The summed E-state index contributed by atoms with van der Waals surface area (Å²) in [5, 5.41) is 10.7. The van der Waals surface area contributed by atoms with Crippen LogP contribution in [0.3, 0.4) is 0 Å². The van der Waals surface area contributed by atoms with Crippen molar-refractivity contribution in [3.63, 3.8) is 0 Å². The van der Waals surface area contributed by atoms with E-state index in [1.54, 1.807) is 12.3 Å². The van der Waals surface area contributed by atoms with E-state index >= 15 is 0 Å². The molecule has 2 aromatic rings. The topological polar surface area (TPSA) is 71.7 Å². The van der Waals surface area contributed by atoms with Crippen molar-refractivity contribution in [1.29, 1.82) is 5.26 Å². The molecule has 23 heavy (non-hydrogen) atoms. The molecular weight excluding hydrogens is 308 g/mol. The van der Waals surface area contributed by atoms with Gasteiger partial charge in [-0.15, -0.1) is 11.3 Å². The minimum atomic E-state index is -0.561. The number of aromatic nitrogens is 3. The van der Waals surface area contributed by atoms with Crippen LogP contribution in [0, 0.1) is 17.2 Å². The lowest BCUT2D eigenvalue weighted by atomic mass is 10.1. The molecule has 2 aromatic heterocycles. The summed E-state index contributed by atoms with van der Waals surface area (Å²) in [6.45, 7) is 12.5. The first-order valence-corrected chi connectivity index (χ1v) is 8.40. The molecule has 0 aliphatic rings. The quantitative estimate of drug-likeness (QED) is 0.779. The van der Waals surface area contributed by atoms with Crippen molar-refractivity contribution in [3.05, 3.63) is 32.8 Å². The van der Waals surface area contributed by atoms with Gasteiger partial charge in [0.2, 0.25) is 0 Å². The summed E-state index contributed by atoms with van der Waals surface area (Å²) in [5.41, 5.74) is 0.579. The number of thiazole rings is 1. The van der Waals surface area contributed by atoms with Gasteiger partial charge in [-0.1, -0.05) is 39.8 Å². The lowest BCUT2D eigenvalue weighted by Gasteiger charge is -2.13. The second-order valence-electron chi connectivity index (χ2n) is 5.24. The Kier molecular flexibility index (Phi) is 5.83. The summed E-state index contributed by atoms with van der Waals surface area (Å²) in [4.78, 5) is 12.8. The van der Waals surface area contributed by atoms with E-state index in [0.717, 1.165) is 17.4 Å². The van der Waals surface area contributed by atoms with E-state index in [4.69, 9.17) is 4.74 Å². The SMILES string of the molecule is C=c1nc(C(C#N)c2ccnc(OCC(CC)CC)n2)sc1=C. The Morgan fingerprint density at radius 1 is 1.30 bits per heavy atom. The number of nitriles is 1. The monoisotopic (exact) mass is 328 g/mol. The highest BCUT2D eigenvalue weighted by atomic mass is 32.1. The fourth-order valence-electron chi connectivity index (χ4n) is 2.08. The Morgan fingerprint density at radius 2 is 2.04 bits per heavy atom. The van der Waals surface area contributed by atoms with E-state index in [0.29, 0.717) is 34.6 Å². The summed E-state index contributed by atoms with van der Waals surface area (Å²) in [5.74, 6) is -0.0788. The molecule has 0 N–H and O–H groups in total. The van der Waals surface area contributed by atoms with Crippen molar-refractivity contribution >= 4 is 24.5 Å². The van der Waals surface area contributed by atoms with Crippen LogP contribution in [0.4, 0.5) is 0 Å². The molecule has 5 nitrogen and oxygen atoms in total. The highest BCUT2D eigenvalue weighted by Crippen LogP contribution is 2.22. The number of hydrogen-bond acceptors (Lipinski definition) is 6. The van der Waals surface area contributed by atoms with Gasteiger partial charge in [0, 0.05) is 10.7 Å². The average Bonchev–Trinajstić information content (AvgIpc) is 2.88. The number of nitrogens with zero attached hydrogens (tertiary/aromatic N) is 4. The largest absolute Gasteiger partial charge is 0.463 e. The summed E-state index contributed by atoms with van der Waals surface area (Å²) < 4.78 is 6.44. The van der Waals surface area contributed by atoms with Crippen molar-refractivity contribution in [1.82, 2.24) is 15.0 Å². The van der Waals surface area contributed by atoms with Crippen molar-refractivity contribution in [2.75, 3.05) is 6.61 Å². The standard InChI is InChI=1S/C17H20N4OS/c1-5-13(6-2)10-22-17-19-8-7-15(21-17)14(9-18)16-20-11(3)12(4)23-16/h7-8,13-14H,3-6,10H2,1-2H3. The predicted octanol–water partition coefficient (Wildman–Crippen LogP) is 2.22. The second-order valence-corrected chi connectivity index (χ2v) is 6.36. The molecule has 0 radical (unpaired) electrons. The molecule has 6 heteroatoms. The van der Waals surface area contributed by atoms with Crippen LogP contribution in [0.15, 0.2) is 12.3 Å². The normalized spacial score (nSPS) is 12.1. The third-order valence-corrected chi connectivity index (χ3v) is 4.74. The van der Waals surface area contributed by atoms with Gasteiger partial charge in [-0.3, -0.25) is 0 Å². The van der Waals surface area contributed by atoms with Gasteiger partial charge in [-0.25, -0.2) is 9.97 Å². The van der Waals surface area contributed by atoms with Crippen LogP contribution in [0.25, 0.3) is 13.2 Å². The third kappa shape index (κ3) is 4.14. The molecule has 0 amide bonds. The zero-order valence-corrected chi connectivity index (χ0v) is 14.3. The fourth-order valence-corrected chi connectivity index (χ4v) is 2.94. The predicted molar refractivity (Wildman–Crippen MR) is 91.5 cm³/mol. The Morgan fingerprint density at radius 3 is 2.61 bits per heavy atom. The van der Waals surface area contributed by atoms with E-state index in [9.17, 15) is 5.26 Å². The van der Waals surface area contributed by atoms with Crippen LogP contribution < -0.4 is 14.6 Å². The summed E-state index contributed by atoms with van der Waals surface area (Å²) in [7, 11) is 0. The highest BCUT2D eigenvalue weighted by Gasteiger charge is 2.19. The zero-order valence-electron chi connectivity index (χ0n) is 13.5. The Hall–Kier alpha value is -2.26. The minimum absolute atomic E-state index is 0.302. The van der Waals surface area contributed by atoms with Gasteiger partial charge in [0.05, 0.1) is 23.7 Å². The fraction of sp³-hybridized carbons (Fsp3) is 0.412. The first-order chi connectivity index (χ1) is 11.1. The van der Waals surface area contributed by atoms with Gasteiger partial charge < -0.3 is 4.74 Å². The van der Waals surface area contributed by atoms with E-state index in [-0.39, 0.29) is 0 Å². The van der Waals surface area contributed by atoms with Crippen molar-refractivity contribution < 1.29 is 4.74 Å². The highest BCUT2D eigenvalue weighted by molar-refractivity contribution is 7.09. The van der Waals surface area contributed by atoms with Gasteiger partial charge in [0.1, 0.15) is 10.9 Å². The Balaban J connectivity index is 2.22. The molecule has 0 bridgehead atoms. The van der Waals surface area contributed by atoms with Crippen LogP contribution in [0.1, 0.15) is 43.3 Å². The average molecular weight is 328 g/mol. The van der Waals surface area contributed by atoms with Crippen molar-refractivity contribution in [2.45, 2.75) is 32.6 Å². The maximum absolute atomic E-state index is 9.49. The minimum Gasteiger partial charge on any atom is -0.463 e. The third-order valence-electron chi connectivity index (χ3n) is 3.72. The smallest absolute Gasteiger partial charge is 0.316 e. The van der Waals surface area contributed by atoms with Crippen LogP contribution in [0.5, 0.6) is 6.01 Å². The number of rotatable bonds is 7. The molecule has 0 spiro atoms. The number of ether oxygens (including phenoxy) is 1. The van der Waals surface area contributed by atoms with Crippen LogP contribution in [0.2, 0.25) is 0 Å². The van der Waals surface area contributed by atoms with Gasteiger partial charge in [-0.2, -0.15) is 10.2 Å². The van der Waals surface area contributed by atoms with E-state index < -0.39 is 5.92 Å². The van der Waals surface area contributed by atoms with Gasteiger partial charge >= 0.3 is 6.01 Å². The van der Waals surface area contributed by atoms with Crippen LogP contribution >= 0.6 is 11.3 Å².